The van der Waals surface area contributed by atoms with Crippen LogP contribution in [0.2, 0.25) is 0 Å². The van der Waals surface area contributed by atoms with Gasteiger partial charge in [0.05, 0.1) is 7.11 Å². The number of thiophene rings is 1. The van der Waals surface area contributed by atoms with Gasteiger partial charge in [0.1, 0.15) is 16.7 Å². The lowest BCUT2D eigenvalue weighted by molar-refractivity contribution is 0.0241. The van der Waals surface area contributed by atoms with Crippen molar-refractivity contribution in [1.82, 2.24) is 25.5 Å². The number of carbonyl (C=O) groups excluding carboxylic acids is 1. The molecule has 0 radical (unpaired) electrons. The molecule has 0 bridgehead atoms. The van der Waals surface area contributed by atoms with E-state index >= 15 is 0 Å². The predicted octanol–water partition coefficient (Wildman–Crippen LogP) is 2.27. The molecule has 1 aliphatic rings. The Balaban J connectivity index is 1.98. The number of H-pyrrole nitrogens is 1. The van der Waals surface area contributed by atoms with E-state index in [9.17, 15) is 4.79 Å². The summed E-state index contributed by atoms with van der Waals surface area (Å²) in [7, 11) is 1.58. The molecule has 1 saturated heterocycles. The zero-order valence-electron chi connectivity index (χ0n) is 12.9. The van der Waals surface area contributed by atoms with Gasteiger partial charge in [0.25, 0.3) is 5.91 Å². The molecule has 3 rings (SSSR count). The number of aromatic nitrogens is 4. The van der Waals surface area contributed by atoms with Gasteiger partial charge in [-0.15, -0.1) is 21.5 Å². The fourth-order valence-electron chi connectivity index (χ4n) is 3.13. The molecule has 0 saturated carbocycles. The van der Waals surface area contributed by atoms with Gasteiger partial charge in [0, 0.05) is 6.54 Å². The van der Waals surface area contributed by atoms with E-state index in [0.29, 0.717) is 23.0 Å². The van der Waals surface area contributed by atoms with E-state index in [-0.39, 0.29) is 17.4 Å². The first-order valence-electron chi connectivity index (χ1n) is 7.20. The third-order valence-electron chi connectivity index (χ3n) is 4.18. The van der Waals surface area contributed by atoms with Gasteiger partial charge in [-0.05, 0) is 29.7 Å². The van der Waals surface area contributed by atoms with E-state index < -0.39 is 0 Å². The normalized spacial score (nSPS) is 20.9. The van der Waals surface area contributed by atoms with Gasteiger partial charge in [-0.3, -0.25) is 4.79 Å². The molecule has 3 heterocycles. The van der Waals surface area contributed by atoms with Gasteiger partial charge in [-0.1, -0.05) is 19.1 Å². The van der Waals surface area contributed by atoms with Crippen molar-refractivity contribution >= 4 is 17.2 Å². The number of ether oxygens (including phenoxy) is 1. The van der Waals surface area contributed by atoms with E-state index in [2.05, 4.69) is 34.5 Å². The Morgan fingerprint density at radius 2 is 2.36 bits per heavy atom. The number of aromatic amines is 1. The number of tetrazole rings is 1. The molecule has 0 spiro atoms. The smallest absolute Gasteiger partial charge is 0.268 e. The molecule has 1 atom stereocenters. The van der Waals surface area contributed by atoms with E-state index in [0.717, 1.165) is 12.8 Å². The van der Waals surface area contributed by atoms with Gasteiger partial charge in [0.2, 0.25) is 0 Å². The Hall–Kier alpha value is -1.96. The molecule has 2 aromatic rings. The van der Waals surface area contributed by atoms with Crippen LogP contribution in [0, 0.1) is 5.41 Å². The summed E-state index contributed by atoms with van der Waals surface area (Å²) in [6.07, 6.45) is 1.97. The van der Waals surface area contributed by atoms with Crippen LogP contribution in [-0.2, 0) is 0 Å². The van der Waals surface area contributed by atoms with Crippen molar-refractivity contribution in [1.29, 1.82) is 0 Å². The molecule has 0 aromatic carbocycles. The second-order valence-corrected chi connectivity index (χ2v) is 7.00. The molecule has 1 unspecified atom stereocenters. The average Bonchev–Trinajstić information content (AvgIpc) is 3.16. The van der Waals surface area contributed by atoms with Gasteiger partial charge >= 0.3 is 0 Å². The third kappa shape index (κ3) is 2.47. The van der Waals surface area contributed by atoms with Crippen molar-refractivity contribution in [3.63, 3.8) is 0 Å². The van der Waals surface area contributed by atoms with Gasteiger partial charge in [-0.2, -0.15) is 5.21 Å². The summed E-state index contributed by atoms with van der Waals surface area (Å²) in [5.74, 6) is 1.15. The van der Waals surface area contributed by atoms with E-state index in [1.165, 1.54) is 11.3 Å². The second kappa shape index (κ2) is 5.68. The molecule has 0 aliphatic carbocycles. The maximum atomic E-state index is 13.0. The monoisotopic (exact) mass is 321 g/mol. The molecule has 1 N–H and O–H groups in total. The quantitative estimate of drug-likeness (QED) is 0.937. The zero-order valence-corrected chi connectivity index (χ0v) is 13.7. The Morgan fingerprint density at radius 1 is 1.55 bits per heavy atom. The first-order valence-corrected chi connectivity index (χ1v) is 8.08. The lowest BCUT2D eigenvalue weighted by Crippen LogP contribution is -2.46. The molecule has 2 aromatic heterocycles. The van der Waals surface area contributed by atoms with E-state index in [1.54, 1.807) is 7.11 Å². The molecule has 1 amide bonds. The van der Waals surface area contributed by atoms with Crippen molar-refractivity contribution in [3.8, 4) is 5.75 Å². The second-order valence-electron chi connectivity index (χ2n) is 6.08. The average molecular weight is 321 g/mol. The Kier molecular flexibility index (Phi) is 3.86. The lowest BCUT2D eigenvalue weighted by Gasteiger charge is -2.44. The maximum absolute atomic E-state index is 13.0. The highest BCUT2D eigenvalue weighted by Gasteiger charge is 2.44. The Morgan fingerprint density at radius 3 is 3.05 bits per heavy atom. The zero-order chi connectivity index (χ0) is 15.7. The SMILES string of the molecule is COc1ccsc1C(=O)N1CCCC(C)(C)C1c1nn[nH]n1. The summed E-state index contributed by atoms with van der Waals surface area (Å²) < 4.78 is 5.29. The number of piperidine rings is 1. The number of hydrogen-bond donors (Lipinski definition) is 1. The van der Waals surface area contributed by atoms with Crippen LogP contribution in [0.4, 0.5) is 0 Å². The fourth-order valence-corrected chi connectivity index (χ4v) is 3.94. The van der Waals surface area contributed by atoms with E-state index in [1.807, 2.05) is 16.3 Å². The minimum atomic E-state index is -0.195. The number of amides is 1. The molecular weight excluding hydrogens is 302 g/mol. The van der Waals surface area contributed by atoms with Crippen LogP contribution >= 0.6 is 11.3 Å². The maximum Gasteiger partial charge on any atom is 0.268 e. The highest BCUT2D eigenvalue weighted by molar-refractivity contribution is 7.12. The highest BCUT2D eigenvalue weighted by Crippen LogP contribution is 2.45. The molecule has 8 heteroatoms. The summed E-state index contributed by atoms with van der Waals surface area (Å²) >= 11 is 1.39. The lowest BCUT2D eigenvalue weighted by atomic mass is 9.76. The highest BCUT2D eigenvalue weighted by atomic mass is 32.1. The van der Waals surface area contributed by atoms with Crippen LogP contribution in [0.3, 0.4) is 0 Å². The largest absolute Gasteiger partial charge is 0.495 e. The van der Waals surface area contributed by atoms with Crippen LogP contribution in [0.25, 0.3) is 0 Å². The topological polar surface area (TPSA) is 84.0 Å². The number of methoxy groups -OCH3 is 1. The number of rotatable bonds is 3. The van der Waals surface area contributed by atoms with Crippen LogP contribution in [-0.4, -0.2) is 45.1 Å². The van der Waals surface area contributed by atoms with Crippen molar-refractivity contribution < 1.29 is 9.53 Å². The standard InChI is InChI=1S/C14H19N5O2S/c1-14(2)6-4-7-19(11(14)12-15-17-18-16-12)13(20)10-9(21-3)5-8-22-10/h5,8,11H,4,6-7H2,1-3H3,(H,15,16,17,18). The number of likely N-dealkylation sites (tertiary alicyclic amines) is 1. The van der Waals surface area contributed by atoms with Crippen LogP contribution in [0.5, 0.6) is 5.75 Å². The van der Waals surface area contributed by atoms with Crippen LogP contribution < -0.4 is 4.74 Å². The van der Waals surface area contributed by atoms with Crippen LogP contribution in [0.15, 0.2) is 11.4 Å². The predicted molar refractivity (Wildman–Crippen MR) is 81.8 cm³/mol. The van der Waals surface area contributed by atoms with Gasteiger partial charge < -0.3 is 9.64 Å². The molecule has 22 heavy (non-hydrogen) atoms. The van der Waals surface area contributed by atoms with Crippen molar-refractivity contribution in [2.24, 2.45) is 5.41 Å². The molecule has 1 fully saturated rings. The van der Waals surface area contributed by atoms with Crippen molar-refractivity contribution in [2.75, 3.05) is 13.7 Å². The van der Waals surface area contributed by atoms with Crippen molar-refractivity contribution in [3.05, 3.63) is 22.1 Å². The number of hydrogen-bond acceptors (Lipinski definition) is 6. The summed E-state index contributed by atoms with van der Waals surface area (Å²) in [4.78, 5) is 15.5. The Labute approximate surface area is 132 Å². The molecular formula is C14H19N5O2S. The molecule has 118 valence electrons. The van der Waals surface area contributed by atoms with Gasteiger partial charge in [0.15, 0.2) is 5.82 Å². The van der Waals surface area contributed by atoms with Gasteiger partial charge in [-0.25, -0.2) is 0 Å². The van der Waals surface area contributed by atoms with Crippen LogP contribution in [0.1, 0.15) is 48.2 Å². The minimum absolute atomic E-state index is 0.0329. The Bertz CT molecular complexity index is 652. The summed E-state index contributed by atoms with van der Waals surface area (Å²) in [5, 5.41) is 16.3. The number of carbonyl (C=O) groups is 1. The summed E-state index contributed by atoms with van der Waals surface area (Å²) in [6, 6.07) is 1.62. The third-order valence-corrected chi connectivity index (χ3v) is 5.07. The first kappa shape index (κ1) is 15.0. The first-order chi connectivity index (χ1) is 10.5. The number of nitrogens with zero attached hydrogens (tertiary/aromatic N) is 4. The van der Waals surface area contributed by atoms with Crippen molar-refractivity contribution in [2.45, 2.75) is 32.7 Å². The fraction of sp³-hybridized carbons (Fsp3) is 0.571. The van der Waals surface area contributed by atoms with E-state index in [4.69, 9.17) is 4.74 Å². The minimum Gasteiger partial charge on any atom is -0.495 e. The summed E-state index contributed by atoms with van der Waals surface area (Å²) in [6.45, 7) is 4.96. The summed E-state index contributed by atoms with van der Waals surface area (Å²) in [5.41, 5.74) is -0.109. The number of nitrogens with one attached hydrogen (secondary N) is 1. The molecule has 7 nitrogen and oxygen atoms in total. The molecule has 1 aliphatic heterocycles.